The predicted octanol–water partition coefficient (Wildman–Crippen LogP) is 5.99. The van der Waals surface area contributed by atoms with Gasteiger partial charge in [-0.3, -0.25) is 9.69 Å². The summed E-state index contributed by atoms with van der Waals surface area (Å²) in [6.07, 6.45) is 4.92. The van der Waals surface area contributed by atoms with E-state index < -0.39 is 0 Å². The number of carbonyl (C=O) groups excluding carboxylic acids is 1. The van der Waals surface area contributed by atoms with Crippen molar-refractivity contribution in [2.75, 3.05) is 11.2 Å². The number of carbonyl (C=O) groups is 1. The molecule has 6 heteroatoms. The van der Waals surface area contributed by atoms with Crippen LogP contribution in [0.15, 0.2) is 58.3 Å². The molecule has 0 aliphatic carbocycles. The van der Waals surface area contributed by atoms with Crippen molar-refractivity contribution in [1.29, 1.82) is 0 Å². The Labute approximate surface area is 174 Å². The van der Waals surface area contributed by atoms with Gasteiger partial charge in [0.15, 0.2) is 4.32 Å². The SMILES string of the molecule is CC[C@H](C)Oc1ccccc1/C=C1/SC(=S)N(c2cccc(SC)c2)C1=O. The van der Waals surface area contributed by atoms with Crippen LogP contribution in [0.5, 0.6) is 5.75 Å². The summed E-state index contributed by atoms with van der Waals surface area (Å²) in [6.45, 7) is 4.12. The van der Waals surface area contributed by atoms with Crippen molar-refractivity contribution in [3.8, 4) is 5.75 Å². The molecule has 0 radical (unpaired) electrons. The first-order valence-corrected chi connectivity index (χ1v) is 11.2. The van der Waals surface area contributed by atoms with Crippen LogP contribution in [0.2, 0.25) is 0 Å². The first kappa shape index (κ1) is 20.0. The van der Waals surface area contributed by atoms with Crippen LogP contribution in [0.1, 0.15) is 25.8 Å². The Kier molecular flexibility index (Phi) is 6.63. The van der Waals surface area contributed by atoms with Gasteiger partial charge in [-0.2, -0.15) is 0 Å². The standard InChI is InChI=1S/C21H21NO2S3/c1-4-14(2)24-18-11-6-5-8-15(18)12-19-20(23)22(21(25)27-19)16-9-7-10-17(13-16)26-3/h5-14H,4H2,1-3H3/b19-12+/t14-/m0/s1. The molecule has 140 valence electrons. The van der Waals surface area contributed by atoms with Crippen molar-refractivity contribution in [2.45, 2.75) is 31.3 Å². The lowest BCUT2D eigenvalue weighted by atomic mass is 10.1. The van der Waals surface area contributed by atoms with Crippen LogP contribution >= 0.6 is 35.7 Å². The molecule has 0 spiro atoms. The molecule has 1 fully saturated rings. The van der Waals surface area contributed by atoms with Gasteiger partial charge in [-0.15, -0.1) is 11.8 Å². The summed E-state index contributed by atoms with van der Waals surface area (Å²) in [5, 5.41) is 0. The van der Waals surface area contributed by atoms with Crippen molar-refractivity contribution in [2.24, 2.45) is 0 Å². The van der Waals surface area contributed by atoms with E-state index in [-0.39, 0.29) is 12.0 Å². The van der Waals surface area contributed by atoms with Gasteiger partial charge in [0.05, 0.1) is 16.7 Å². The molecule has 2 aromatic carbocycles. The fraction of sp³-hybridized carbons (Fsp3) is 0.238. The number of thiocarbonyl (C=S) groups is 1. The van der Waals surface area contributed by atoms with Gasteiger partial charge in [0.2, 0.25) is 0 Å². The van der Waals surface area contributed by atoms with Gasteiger partial charge in [-0.1, -0.05) is 55.2 Å². The van der Waals surface area contributed by atoms with E-state index in [1.165, 1.54) is 11.8 Å². The van der Waals surface area contributed by atoms with Gasteiger partial charge < -0.3 is 4.74 Å². The van der Waals surface area contributed by atoms with E-state index in [1.54, 1.807) is 16.7 Å². The Morgan fingerprint density at radius 2 is 2.04 bits per heavy atom. The molecule has 3 nitrogen and oxygen atoms in total. The number of nitrogens with zero attached hydrogens (tertiary/aromatic N) is 1. The summed E-state index contributed by atoms with van der Waals surface area (Å²) < 4.78 is 6.54. The lowest BCUT2D eigenvalue weighted by molar-refractivity contribution is -0.113. The average molecular weight is 416 g/mol. The minimum absolute atomic E-state index is 0.0957. The second-order valence-electron chi connectivity index (χ2n) is 6.09. The minimum atomic E-state index is -0.0957. The van der Waals surface area contributed by atoms with E-state index in [0.29, 0.717) is 9.23 Å². The number of rotatable bonds is 6. The predicted molar refractivity (Wildman–Crippen MR) is 121 cm³/mol. The maximum atomic E-state index is 13.0. The monoisotopic (exact) mass is 415 g/mol. The largest absolute Gasteiger partial charge is 0.490 e. The Morgan fingerprint density at radius 1 is 1.26 bits per heavy atom. The number of thioether (sulfide) groups is 2. The van der Waals surface area contributed by atoms with Crippen molar-refractivity contribution in [3.05, 3.63) is 59.0 Å². The van der Waals surface area contributed by atoms with Gasteiger partial charge in [-0.05, 0) is 49.9 Å². The highest BCUT2D eigenvalue weighted by Gasteiger charge is 2.33. The third kappa shape index (κ3) is 4.57. The summed E-state index contributed by atoms with van der Waals surface area (Å²) >= 11 is 8.45. The van der Waals surface area contributed by atoms with Gasteiger partial charge in [0, 0.05) is 10.5 Å². The van der Waals surface area contributed by atoms with Crippen molar-refractivity contribution >= 4 is 57.7 Å². The molecule has 0 N–H and O–H groups in total. The normalized spacial score (nSPS) is 16.9. The van der Waals surface area contributed by atoms with Gasteiger partial charge in [0.25, 0.3) is 5.91 Å². The topological polar surface area (TPSA) is 29.5 Å². The third-order valence-corrected chi connectivity index (χ3v) is 6.24. The minimum Gasteiger partial charge on any atom is -0.490 e. The Bertz CT molecular complexity index is 895. The lowest BCUT2D eigenvalue weighted by Crippen LogP contribution is -2.27. The number of anilines is 1. The smallest absolute Gasteiger partial charge is 0.270 e. The number of para-hydroxylation sites is 1. The lowest BCUT2D eigenvalue weighted by Gasteiger charge is -2.15. The summed E-state index contributed by atoms with van der Waals surface area (Å²) in [5.41, 5.74) is 1.69. The van der Waals surface area contributed by atoms with Crippen LogP contribution in [0, 0.1) is 0 Å². The third-order valence-electron chi connectivity index (χ3n) is 4.21. The molecule has 1 atom stereocenters. The molecular weight excluding hydrogens is 394 g/mol. The van der Waals surface area contributed by atoms with E-state index in [9.17, 15) is 4.79 Å². The second-order valence-corrected chi connectivity index (χ2v) is 8.65. The number of benzene rings is 2. The molecule has 1 heterocycles. The molecule has 1 saturated heterocycles. The summed E-state index contributed by atoms with van der Waals surface area (Å²) in [6, 6.07) is 15.6. The van der Waals surface area contributed by atoms with Crippen molar-refractivity contribution in [3.63, 3.8) is 0 Å². The van der Waals surface area contributed by atoms with Crippen LogP contribution in [0.4, 0.5) is 5.69 Å². The van der Waals surface area contributed by atoms with Crippen LogP contribution in [0.3, 0.4) is 0 Å². The number of amides is 1. The number of ether oxygens (including phenoxy) is 1. The summed E-state index contributed by atoms with van der Waals surface area (Å²) in [4.78, 5) is 16.3. The fourth-order valence-corrected chi connectivity index (χ4v) is 4.33. The van der Waals surface area contributed by atoms with E-state index in [4.69, 9.17) is 17.0 Å². The quantitative estimate of drug-likeness (QED) is 0.328. The van der Waals surface area contributed by atoms with Crippen molar-refractivity contribution in [1.82, 2.24) is 0 Å². The molecule has 1 aliphatic rings. The zero-order valence-electron chi connectivity index (χ0n) is 15.5. The van der Waals surface area contributed by atoms with Crippen LogP contribution in [0.25, 0.3) is 6.08 Å². The highest BCUT2D eigenvalue weighted by Crippen LogP contribution is 2.38. The van der Waals surface area contributed by atoms with E-state index in [2.05, 4.69) is 6.92 Å². The van der Waals surface area contributed by atoms with Crippen LogP contribution < -0.4 is 9.64 Å². The molecule has 3 rings (SSSR count). The summed E-state index contributed by atoms with van der Waals surface area (Å²) in [7, 11) is 0. The highest BCUT2D eigenvalue weighted by atomic mass is 32.2. The maximum absolute atomic E-state index is 13.0. The van der Waals surface area contributed by atoms with Crippen molar-refractivity contribution < 1.29 is 9.53 Å². The van der Waals surface area contributed by atoms with Gasteiger partial charge in [0.1, 0.15) is 5.75 Å². The second kappa shape index (κ2) is 8.95. The zero-order chi connectivity index (χ0) is 19.4. The van der Waals surface area contributed by atoms with Crippen LogP contribution in [-0.2, 0) is 4.79 Å². The Morgan fingerprint density at radius 3 is 2.78 bits per heavy atom. The number of hydrogen-bond donors (Lipinski definition) is 0. The molecule has 0 aromatic heterocycles. The van der Waals surface area contributed by atoms with Gasteiger partial charge in [-0.25, -0.2) is 0 Å². The van der Waals surface area contributed by atoms with E-state index >= 15 is 0 Å². The van der Waals surface area contributed by atoms with E-state index in [0.717, 1.165) is 28.3 Å². The van der Waals surface area contributed by atoms with E-state index in [1.807, 2.05) is 67.8 Å². The molecule has 1 aliphatic heterocycles. The molecule has 27 heavy (non-hydrogen) atoms. The molecule has 0 bridgehead atoms. The molecular formula is C21H21NO2S3. The first-order valence-electron chi connectivity index (χ1n) is 8.71. The Balaban J connectivity index is 1.91. The summed E-state index contributed by atoms with van der Waals surface area (Å²) in [5.74, 6) is 0.683. The van der Waals surface area contributed by atoms with Gasteiger partial charge >= 0.3 is 0 Å². The highest BCUT2D eigenvalue weighted by molar-refractivity contribution is 8.27. The Hall–Kier alpha value is -1.76. The zero-order valence-corrected chi connectivity index (χ0v) is 17.9. The number of hydrogen-bond acceptors (Lipinski definition) is 5. The molecule has 0 saturated carbocycles. The molecule has 0 unspecified atom stereocenters. The molecule has 2 aromatic rings. The fourth-order valence-electron chi connectivity index (χ4n) is 2.59. The molecule has 1 amide bonds. The average Bonchev–Trinajstić information content (AvgIpc) is 2.96. The first-order chi connectivity index (χ1) is 13.0. The van der Waals surface area contributed by atoms with Crippen LogP contribution in [-0.4, -0.2) is 22.6 Å². The maximum Gasteiger partial charge on any atom is 0.270 e.